The molecule has 1 unspecified atom stereocenters. The van der Waals surface area contributed by atoms with E-state index in [1.807, 2.05) is 0 Å². The van der Waals surface area contributed by atoms with Crippen molar-refractivity contribution in [3.05, 3.63) is 35.4 Å². The van der Waals surface area contributed by atoms with Crippen LogP contribution in [0.4, 0.5) is 13.2 Å². The summed E-state index contributed by atoms with van der Waals surface area (Å²) in [5.41, 5.74) is -2.14. The molecule has 2 N–H and O–H groups in total. The average Bonchev–Trinajstić information content (AvgIpc) is 3.00. The Morgan fingerprint density at radius 1 is 1.26 bits per heavy atom. The summed E-state index contributed by atoms with van der Waals surface area (Å²) >= 11 is 0. The number of nitrogens with one attached hydrogen (secondary N) is 1. The van der Waals surface area contributed by atoms with E-state index in [9.17, 15) is 23.1 Å². The molecule has 0 radical (unpaired) electrons. The molecular weight excluding hydrogens is 309 g/mol. The van der Waals surface area contributed by atoms with Gasteiger partial charge in [-0.1, -0.05) is 12.1 Å². The summed E-state index contributed by atoms with van der Waals surface area (Å²) in [5.74, 6) is -0.0534. The molecule has 0 bridgehead atoms. The van der Waals surface area contributed by atoms with E-state index in [-0.39, 0.29) is 24.6 Å². The van der Waals surface area contributed by atoms with Crippen molar-refractivity contribution in [1.82, 2.24) is 10.2 Å². The molecule has 1 saturated heterocycles. The second-order valence-electron chi connectivity index (χ2n) is 6.04. The molecule has 128 valence electrons. The maximum Gasteiger partial charge on any atom is 0.416 e. The lowest BCUT2D eigenvalue weighted by Crippen LogP contribution is -2.42. The van der Waals surface area contributed by atoms with Crippen molar-refractivity contribution >= 4 is 5.91 Å². The molecule has 1 aliphatic heterocycles. The quantitative estimate of drug-likeness (QED) is 0.870. The molecule has 0 spiro atoms. The van der Waals surface area contributed by atoms with Crippen LogP contribution in [0.3, 0.4) is 0 Å². The standard InChI is InChI=1S/C16H21F3N2O2/c1-15(23,11-20-10-14(22)21-7-2-3-8-21)12-5-4-6-13(9-12)16(17,18)19/h4-6,9,20,23H,2-3,7-8,10-11H2,1H3. The van der Waals surface area contributed by atoms with E-state index in [4.69, 9.17) is 0 Å². The van der Waals surface area contributed by atoms with Crippen LogP contribution in [0.25, 0.3) is 0 Å². The number of halogens is 3. The molecule has 1 aromatic carbocycles. The van der Waals surface area contributed by atoms with Crippen LogP contribution in [-0.4, -0.2) is 42.1 Å². The normalized spacial score (nSPS) is 18.0. The number of nitrogens with zero attached hydrogens (tertiary/aromatic N) is 1. The van der Waals surface area contributed by atoms with Crippen LogP contribution in [0.5, 0.6) is 0 Å². The summed E-state index contributed by atoms with van der Waals surface area (Å²) in [5, 5.41) is 13.2. The van der Waals surface area contributed by atoms with Crippen LogP contribution in [0, 0.1) is 0 Å². The summed E-state index contributed by atoms with van der Waals surface area (Å²) in [6, 6.07) is 4.61. The van der Waals surface area contributed by atoms with E-state index in [1.165, 1.54) is 19.1 Å². The fourth-order valence-electron chi connectivity index (χ4n) is 2.62. The lowest BCUT2D eigenvalue weighted by atomic mass is 9.94. The van der Waals surface area contributed by atoms with Gasteiger partial charge in [-0.05, 0) is 37.5 Å². The van der Waals surface area contributed by atoms with Crippen molar-refractivity contribution in [1.29, 1.82) is 0 Å². The Morgan fingerprint density at radius 2 is 1.87 bits per heavy atom. The SMILES string of the molecule is CC(O)(CNCC(=O)N1CCCC1)c1cccc(C(F)(F)F)c1. The first kappa shape index (κ1) is 17.7. The van der Waals surface area contributed by atoms with Gasteiger partial charge in [0, 0.05) is 19.6 Å². The Bertz CT molecular complexity index is 553. The predicted octanol–water partition coefficient (Wildman–Crippen LogP) is 2.12. The number of aliphatic hydroxyl groups is 1. The summed E-state index contributed by atoms with van der Waals surface area (Å²) in [6.45, 7) is 2.97. The first-order chi connectivity index (χ1) is 10.7. The maximum absolute atomic E-state index is 12.7. The largest absolute Gasteiger partial charge is 0.416 e. The predicted molar refractivity (Wildman–Crippen MR) is 79.7 cm³/mol. The van der Waals surface area contributed by atoms with Gasteiger partial charge < -0.3 is 15.3 Å². The lowest BCUT2D eigenvalue weighted by molar-refractivity contribution is -0.137. The fourth-order valence-corrected chi connectivity index (χ4v) is 2.62. The molecule has 1 heterocycles. The molecule has 0 aliphatic carbocycles. The van der Waals surface area contributed by atoms with Gasteiger partial charge in [0.2, 0.25) is 5.91 Å². The molecule has 23 heavy (non-hydrogen) atoms. The van der Waals surface area contributed by atoms with Crippen LogP contribution in [-0.2, 0) is 16.6 Å². The molecule has 1 aromatic rings. The zero-order valence-corrected chi connectivity index (χ0v) is 13.0. The second-order valence-corrected chi connectivity index (χ2v) is 6.04. The number of benzene rings is 1. The van der Waals surface area contributed by atoms with Crippen molar-refractivity contribution in [2.45, 2.75) is 31.5 Å². The van der Waals surface area contributed by atoms with E-state index in [0.29, 0.717) is 0 Å². The van der Waals surface area contributed by atoms with Gasteiger partial charge in [0.25, 0.3) is 0 Å². The molecule has 1 amide bonds. The molecule has 1 atom stereocenters. The van der Waals surface area contributed by atoms with Crippen LogP contribution in [0.1, 0.15) is 30.9 Å². The van der Waals surface area contributed by atoms with Crippen LogP contribution in [0.15, 0.2) is 24.3 Å². The second kappa shape index (κ2) is 6.88. The Labute approximate surface area is 133 Å². The molecule has 2 rings (SSSR count). The Balaban J connectivity index is 1.94. The lowest BCUT2D eigenvalue weighted by Gasteiger charge is -2.25. The smallest absolute Gasteiger partial charge is 0.384 e. The Hall–Kier alpha value is -1.60. The van der Waals surface area contributed by atoms with E-state index in [2.05, 4.69) is 5.32 Å². The van der Waals surface area contributed by atoms with E-state index in [1.54, 1.807) is 4.90 Å². The van der Waals surface area contributed by atoms with E-state index >= 15 is 0 Å². The Kier molecular flexibility index (Phi) is 5.31. The zero-order chi connectivity index (χ0) is 17.1. The highest BCUT2D eigenvalue weighted by molar-refractivity contribution is 5.78. The average molecular weight is 330 g/mol. The molecule has 0 aromatic heterocycles. The molecule has 4 nitrogen and oxygen atoms in total. The number of carbonyl (C=O) groups is 1. The van der Waals surface area contributed by atoms with Gasteiger partial charge >= 0.3 is 6.18 Å². The van der Waals surface area contributed by atoms with Crippen molar-refractivity contribution in [3.63, 3.8) is 0 Å². The van der Waals surface area contributed by atoms with Crippen LogP contribution in [0.2, 0.25) is 0 Å². The maximum atomic E-state index is 12.7. The van der Waals surface area contributed by atoms with Gasteiger partial charge in [-0.25, -0.2) is 0 Å². The van der Waals surface area contributed by atoms with E-state index < -0.39 is 17.3 Å². The number of carbonyl (C=O) groups excluding carboxylic acids is 1. The van der Waals surface area contributed by atoms with Gasteiger partial charge in [-0.15, -0.1) is 0 Å². The fraction of sp³-hybridized carbons (Fsp3) is 0.562. The third-order valence-corrected chi connectivity index (χ3v) is 4.02. The number of hydrogen-bond acceptors (Lipinski definition) is 3. The third kappa shape index (κ3) is 4.68. The van der Waals surface area contributed by atoms with Crippen molar-refractivity contribution in [3.8, 4) is 0 Å². The van der Waals surface area contributed by atoms with Gasteiger partial charge in [0.1, 0.15) is 0 Å². The summed E-state index contributed by atoms with van der Waals surface area (Å²) in [6.07, 6.45) is -2.47. The number of likely N-dealkylation sites (tertiary alicyclic amines) is 1. The minimum absolute atomic E-state index is 0.00606. The number of alkyl halides is 3. The molecular formula is C16H21F3N2O2. The topological polar surface area (TPSA) is 52.6 Å². The highest BCUT2D eigenvalue weighted by Crippen LogP contribution is 2.31. The van der Waals surface area contributed by atoms with Gasteiger partial charge in [0.05, 0.1) is 17.7 Å². The number of hydrogen-bond donors (Lipinski definition) is 2. The monoisotopic (exact) mass is 330 g/mol. The highest BCUT2D eigenvalue weighted by Gasteiger charge is 2.32. The first-order valence-corrected chi connectivity index (χ1v) is 7.59. The van der Waals surface area contributed by atoms with Gasteiger partial charge in [-0.2, -0.15) is 13.2 Å². The molecule has 1 aliphatic rings. The van der Waals surface area contributed by atoms with Crippen LogP contribution < -0.4 is 5.32 Å². The minimum atomic E-state index is -4.45. The number of rotatable bonds is 5. The van der Waals surface area contributed by atoms with Crippen molar-refractivity contribution in [2.24, 2.45) is 0 Å². The third-order valence-electron chi connectivity index (χ3n) is 4.02. The van der Waals surface area contributed by atoms with E-state index in [0.717, 1.165) is 38.1 Å². The molecule has 0 saturated carbocycles. The summed E-state index contributed by atoms with van der Waals surface area (Å²) in [4.78, 5) is 13.6. The van der Waals surface area contributed by atoms with Gasteiger partial charge in [-0.3, -0.25) is 4.79 Å². The Morgan fingerprint density at radius 3 is 2.48 bits per heavy atom. The number of amides is 1. The van der Waals surface area contributed by atoms with Crippen molar-refractivity contribution < 1.29 is 23.1 Å². The van der Waals surface area contributed by atoms with Crippen molar-refractivity contribution in [2.75, 3.05) is 26.2 Å². The summed E-state index contributed by atoms with van der Waals surface area (Å²) in [7, 11) is 0. The molecule has 1 fully saturated rings. The van der Waals surface area contributed by atoms with Crippen LogP contribution >= 0.6 is 0 Å². The minimum Gasteiger partial charge on any atom is -0.384 e. The summed E-state index contributed by atoms with van der Waals surface area (Å²) < 4.78 is 38.2. The zero-order valence-electron chi connectivity index (χ0n) is 13.0. The van der Waals surface area contributed by atoms with Gasteiger partial charge in [0.15, 0.2) is 0 Å². The first-order valence-electron chi connectivity index (χ1n) is 7.59. The highest BCUT2D eigenvalue weighted by atomic mass is 19.4. The molecule has 7 heteroatoms.